The molecule has 32 heavy (non-hydrogen) atoms. The normalized spacial score (nSPS) is 12.4. The van der Waals surface area contributed by atoms with Gasteiger partial charge in [-0.3, -0.25) is 9.59 Å². The molecular formula is C23H30FN3O4S. The lowest BCUT2D eigenvalue weighted by Crippen LogP contribution is -2.53. The molecule has 9 heteroatoms. The Morgan fingerprint density at radius 3 is 2.22 bits per heavy atom. The number of carbonyl (C=O) groups excluding carboxylic acids is 2. The van der Waals surface area contributed by atoms with Crippen LogP contribution in [0.1, 0.15) is 24.5 Å². The summed E-state index contributed by atoms with van der Waals surface area (Å²) in [6.45, 7) is 2.00. The highest BCUT2D eigenvalue weighted by Crippen LogP contribution is 2.16. The second-order valence-electron chi connectivity index (χ2n) is 7.66. The Morgan fingerprint density at radius 1 is 1.03 bits per heavy atom. The molecule has 0 radical (unpaired) electrons. The van der Waals surface area contributed by atoms with E-state index >= 15 is 0 Å². The van der Waals surface area contributed by atoms with Crippen LogP contribution in [0.15, 0.2) is 54.6 Å². The molecule has 0 saturated heterocycles. The standard InChI is InChI=1S/C23H30FN3O4S/c1-4-14-25-23(29)21(15-18-8-6-5-7-9-18)27(16-19-10-12-20(24)13-11-19)22(28)17-26(2)32(3,30)31/h5-13,21H,4,14-17H2,1-3H3,(H,25,29). The van der Waals surface area contributed by atoms with E-state index in [0.717, 1.165) is 22.5 Å². The Labute approximate surface area is 189 Å². The molecule has 2 rings (SSSR count). The summed E-state index contributed by atoms with van der Waals surface area (Å²) < 4.78 is 38.0. The van der Waals surface area contributed by atoms with E-state index in [9.17, 15) is 22.4 Å². The third kappa shape index (κ3) is 7.72. The van der Waals surface area contributed by atoms with E-state index in [1.54, 1.807) is 12.1 Å². The van der Waals surface area contributed by atoms with Crippen molar-refractivity contribution in [3.8, 4) is 0 Å². The molecule has 1 atom stereocenters. The monoisotopic (exact) mass is 463 g/mol. The van der Waals surface area contributed by atoms with Gasteiger partial charge in [-0.1, -0.05) is 49.4 Å². The number of nitrogens with zero attached hydrogens (tertiary/aromatic N) is 2. The van der Waals surface area contributed by atoms with Crippen LogP contribution in [0.25, 0.3) is 0 Å². The van der Waals surface area contributed by atoms with Gasteiger partial charge in [-0.05, 0) is 29.7 Å². The molecule has 2 aromatic rings. The highest BCUT2D eigenvalue weighted by atomic mass is 32.2. The average molecular weight is 464 g/mol. The third-order valence-corrected chi connectivity index (χ3v) is 6.27. The summed E-state index contributed by atoms with van der Waals surface area (Å²) in [5, 5.41) is 2.84. The lowest BCUT2D eigenvalue weighted by Gasteiger charge is -2.32. The fourth-order valence-electron chi connectivity index (χ4n) is 3.11. The second-order valence-corrected chi connectivity index (χ2v) is 9.75. The van der Waals surface area contributed by atoms with E-state index in [0.29, 0.717) is 12.1 Å². The predicted molar refractivity (Wildman–Crippen MR) is 122 cm³/mol. The zero-order chi connectivity index (χ0) is 23.7. The van der Waals surface area contributed by atoms with Crippen molar-refractivity contribution in [1.82, 2.24) is 14.5 Å². The van der Waals surface area contributed by atoms with Crippen molar-refractivity contribution in [3.63, 3.8) is 0 Å². The lowest BCUT2D eigenvalue weighted by molar-refractivity contribution is -0.141. The highest BCUT2D eigenvalue weighted by Gasteiger charge is 2.31. The molecule has 0 heterocycles. The molecular weight excluding hydrogens is 433 g/mol. The number of amides is 2. The summed E-state index contributed by atoms with van der Waals surface area (Å²) in [7, 11) is -2.28. The number of likely N-dealkylation sites (N-methyl/N-ethyl adjacent to an activating group) is 1. The van der Waals surface area contributed by atoms with E-state index in [-0.39, 0.29) is 18.9 Å². The number of halogens is 1. The average Bonchev–Trinajstić information content (AvgIpc) is 2.75. The van der Waals surface area contributed by atoms with Gasteiger partial charge in [0.05, 0.1) is 12.8 Å². The van der Waals surface area contributed by atoms with Crippen molar-refractivity contribution >= 4 is 21.8 Å². The van der Waals surface area contributed by atoms with E-state index in [4.69, 9.17) is 0 Å². The van der Waals surface area contributed by atoms with Gasteiger partial charge in [0.1, 0.15) is 11.9 Å². The lowest BCUT2D eigenvalue weighted by atomic mass is 10.0. The SMILES string of the molecule is CCCNC(=O)C(Cc1ccccc1)N(Cc1ccc(F)cc1)C(=O)CN(C)S(C)(=O)=O. The van der Waals surface area contributed by atoms with Crippen LogP contribution in [-0.4, -0.2) is 61.9 Å². The first kappa shape index (κ1) is 25.5. The van der Waals surface area contributed by atoms with Crippen molar-refractivity contribution in [1.29, 1.82) is 0 Å². The molecule has 0 fully saturated rings. The molecule has 174 valence electrons. The topological polar surface area (TPSA) is 86.8 Å². The highest BCUT2D eigenvalue weighted by molar-refractivity contribution is 7.88. The smallest absolute Gasteiger partial charge is 0.243 e. The first-order chi connectivity index (χ1) is 15.1. The molecule has 0 saturated carbocycles. The fraction of sp³-hybridized carbons (Fsp3) is 0.391. The summed E-state index contributed by atoms with van der Waals surface area (Å²) in [6, 6.07) is 14.1. The van der Waals surface area contributed by atoms with E-state index in [1.165, 1.54) is 24.1 Å². The fourth-order valence-corrected chi connectivity index (χ4v) is 3.45. The molecule has 0 aromatic heterocycles. The summed E-state index contributed by atoms with van der Waals surface area (Å²) in [5.41, 5.74) is 1.49. The largest absolute Gasteiger partial charge is 0.354 e. The quantitative estimate of drug-likeness (QED) is 0.554. The van der Waals surface area contributed by atoms with Crippen LogP contribution in [0.3, 0.4) is 0 Å². The van der Waals surface area contributed by atoms with Gasteiger partial charge in [-0.25, -0.2) is 12.8 Å². The predicted octanol–water partition coefficient (Wildman–Crippen LogP) is 2.18. The van der Waals surface area contributed by atoms with Crippen LogP contribution in [0.4, 0.5) is 4.39 Å². The van der Waals surface area contributed by atoms with E-state index < -0.39 is 34.3 Å². The number of sulfonamides is 1. The maximum Gasteiger partial charge on any atom is 0.243 e. The number of hydrogen-bond donors (Lipinski definition) is 1. The van der Waals surface area contributed by atoms with Crippen molar-refractivity contribution in [2.24, 2.45) is 0 Å². The van der Waals surface area contributed by atoms with Crippen molar-refractivity contribution in [2.75, 3.05) is 26.4 Å². The Kier molecular flexibility index (Phi) is 9.34. The van der Waals surface area contributed by atoms with Crippen LogP contribution in [0.2, 0.25) is 0 Å². The minimum absolute atomic E-state index is 0.0355. The first-order valence-corrected chi connectivity index (χ1v) is 12.2. The molecule has 0 aliphatic heterocycles. The van der Waals surface area contributed by atoms with Crippen LogP contribution in [0.5, 0.6) is 0 Å². The maximum atomic E-state index is 13.4. The number of hydrogen-bond acceptors (Lipinski definition) is 4. The van der Waals surface area contributed by atoms with Crippen LogP contribution in [-0.2, 0) is 32.6 Å². The maximum absolute atomic E-state index is 13.4. The van der Waals surface area contributed by atoms with Gasteiger partial charge < -0.3 is 10.2 Å². The molecule has 2 amide bonds. The molecule has 2 aromatic carbocycles. The molecule has 0 aliphatic carbocycles. The summed E-state index contributed by atoms with van der Waals surface area (Å²) in [4.78, 5) is 27.7. The van der Waals surface area contributed by atoms with Crippen LogP contribution < -0.4 is 5.32 Å². The van der Waals surface area contributed by atoms with Crippen molar-refractivity contribution < 1.29 is 22.4 Å². The Balaban J connectivity index is 2.41. The first-order valence-electron chi connectivity index (χ1n) is 10.4. The summed E-state index contributed by atoms with van der Waals surface area (Å²) >= 11 is 0. The number of nitrogens with one attached hydrogen (secondary N) is 1. The van der Waals surface area contributed by atoms with Gasteiger partial charge in [0.15, 0.2) is 0 Å². The minimum atomic E-state index is -3.59. The Hall–Kier alpha value is -2.78. The van der Waals surface area contributed by atoms with Gasteiger partial charge in [-0.2, -0.15) is 4.31 Å². The van der Waals surface area contributed by atoms with Gasteiger partial charge in [0.25, 0.3) is 0 Å². The minimum Gasteiger partial charge on any atom is -0.354 e. The van der Waals surface area contributed by atoms with Crippen molar-refractivity contribution in [3.05, 3.63) is 71.5 Å². The van der Waals surface area contributed by atoms with Crippen LogP contribution >= 0.6 is 0 Å². The van der Waals surface area contributed by atoms with E-state index in [1.807, 2.05) is 37.3 Å². The second kappa shape index (κ2) is 11.7. The van der Waals surface area contributed by atoms with Gasteiger partial charge in [0.2, 0.25) is 21.8 Å². The Morgan fingerprint density at radius 2 is 1.66 bits per heavy atom. The van der Waals surface area contributed by atoms with Gasteiger partial charge in [-0.15, -0.1) is 0 Å². The number of carbonyl (C=O) groups is 2. The van der Waals surface area contributed by atoms with Crippen molar-refractivity contribution in [2.45, 2.75) is 32.4 Å². The molecule has 7 nitrogen and oxygen atoms in total. The van der Waals surface area contributed by atoms with Gasteiger partial charge >= 0.3 is 0 Å². The number of rotatable bonds is 11. The Bertz CT molecular complexity index is 998. The zero-order valence-electron chi connectivity index (χ0n) is 18.6. The summed E-state index contributed by atoms with van der Waals surface area (Å²) in [6.07, 6.45) is 2.00. The van der Waals surface area contributed by atoms with Gasteiger partial charge in [0, 0.05) is 26.6 Å². The third-order valence-electron chi connectivity index (χ3n) is 5.01. The van der Waals surface area contributed by atoms with Crippen LogP contribution in [0, 0.1) is 5.82 Å². The molecule has 1 unspecified atom stereocenters. The number of benzene rings is 2. The molecule has 0 spiro atoms. The molecule has 1 N–H and O–H groups in total. The molecule has 0 aliphatic rings. The van der Waals surface area contributed by atoms with E-state index in [2.05, 4.69) is 5.32 Å². The zero-order valence-corrected chi connectivity index (χ0v) is 19.4. The summed E-state index contributed by atoms with van der Waals surface area (Å²) in [5.74, 6) is -1.26. The molecule has 0 bridgehead atoms.